The van der Waals surface area contributed by atoms with Gasteiger partial charge in [-0.05, 0) is 35.9 Å². The first-order valence-corrected chi connectivity index (χ1v) is 6.05. The second kappa shape index (κ2) is 6.21. The molecule has 0 atom stereocenters. The molecule has 0 radical (unpaired) electrons. The Morgan fingerprint density at radius 1 is 1.14 bits per heavy atom. The fourth-order valence-electron chi connectivity index (χ4n) is 1.76. The molecule has 6 heteroatoms. The number of anilines is 1. The van der Waals surface area contributed by atoms with Crippen LogP contribution in [-0.4, -0.2) is 13.1 Å². The van der Waals surface area contributed by atoms with E-state index in [-0.39, 0.29) is 17.7 Å². The molecule has 2 aromatic rings. The Labute approximate surface area is 120 Å². The van der Waals surface area contributed by atoms with Gasteiger partial charge in [0.05, 0.1) is 18.4 Å². The highest BCUT2D eigenvalue weighted by Crippen LogP contribution is 2.22. The van der Waals surface area contributed by atoms with Crippen LogP contribution in [0.1, 0.15) is 15.9 Å². The monoisotopic (exact) mass is 293 g/mol. The van der Waals surface area contributed by atoms with Crippen molar-refractivity contribution in [2.24, 2.45) is 0 Å². The second-order valence-corrected chi connectivity index (χ2v) is 4.31. The van der Waals surface area contributed by atoms with E-state index in [4.69, 9.17) is 15.2 Å². The summed E-state index contributed by atoms with van der Waals surface area (Å²) in [6.45, 7) is -0.236. The highest BCUT2D eigenvalue weighted by molar-refractivity contribution is 5.90. The summed E-state index contributed by atoms with van der Waals surface area (Å²) in [6, 6.07) is 7.36. The summed E-state index contributed by atoms with van der Waals surface area (Å²) in [6.07, 6.45) is 0. The molecule has 0 heterocycles. The van der Waals surface area contributed by atoms with Gasteiger partial charge >= 0.3 is 5.97 Å². The molecule has 0 fully saturated rings. The van der Waals surface area contributed by atoms with Crippen LogP contribution in [0.2, 0.25) is 0 Å². The van der Waals surface area contributed by atoms with E-state index >= 15 is 0 Å². The number of nitrogen functional groups attached to an aromatic ring is 1. The minimum Gasteiger partial charge on any atom is -0.495 e. The van der Waals surface area contributed by atoms with Crippen LogP contribution in [0.3, 0.4) is 0 Å². The summed E-state index contributed by atoms with van der Waals surface area (Å²) in [4.78, 5) is 11.9. The van der Waals surface area contributed by atoms with Gasteiger partial charge in [-0.15, -0.1) is 0 Å². The molecule has 110 valence electrons. The van der Waals surface area contributed by atoms with Crippen LogP contribution in [0, 0.1) is 11.6 Å². The maximum absolute atomic E-state index is 13.0. The molecule has 2 rings (SSSR count). The normalized spacial score (nSPS) is 10.2. The minimum absolute atomic E-state index is 0.225. The van der Waals surface area contributed by atoms with Gasteiger partial charge in [0.1, 0.15) is 24.0 Å². The molecule has 0 aliphatic heterocycles. The molecule has 0 spiro atoms. The van der Waals surface area contributed by atoms with Gasteiger partial charge in [0.2, 0.25) is 0 Å². The topological polar surface area (TPSA) is 61.5 Å². The van der Waals surface area contributed by atoms with Crippen molar-refractivity contribution < 1.29 is 23.0 Å². The molecule has 0 saturated carbocycles. The number of nitrogens with two attached hydrogens (primary N) is 1. The number of rotatable bonds is 4. The van der Waals surface area contributed by atoms with Crippen LogP contribution in [0.4, 0.5) is 14.5 Å². The first kappa shape index (κ1) is 14.8. The molecule has 0 aromatic heterocycles. The van der Waals surface area contributed by atoms with Gasteiger partial charge in [0, 0.05) is 6.07 Å². The van der Waals surface area contributed by atoms with Crippen molar-refractivity contribution in [3.8, 4) is 5.75 Å². The lowest BCUT2D eigenvalue weighted by Gasteiger charge is -2.08. The molecular weight excluding hydrogens is 280 g/mol. The smallest absolute Gasteiger partial charge is 0.338 e. The summed E-state index contributed by atoms with van der Waals surface area (Å²) in [5, 5.41) is 0. The third kappa shape index (κ3) is 3.68. The number of hydrogen-bond donors (Lipinski definition) is 1. The average molecular weight is 293 g/mol. The fourth-order valence-corrected chi connectivity index (χ4v) is 1.76. The van der Waals surface area contributed by atoms with E-state index in [1.165, 1.54) is 25.3 Å². The van der Waals surface area contributed by atoms with Crippen LogP contribution in [-0.2, 0) is 11.3 Å². The molecule has 0 unspecified atom stereocenters. The van der Waals surface area contributed by atoms with Crippen molar-refractivity contribution in [1.29, 1.82) is 0 Å². The molecule has 0 aliphatic rings. The number of hydrogen-bond acceptors (Lipinski definition) is 4. The Morgan fingerprint density at radius 3 is 2.43 bits per heavy atom. The van der Waals surface area contributed by atoms with Crippen molar-refractivity contribution in [2.45, 2.75) is 6.61 Å². The molecule has 0 saturated heterocycles. The van der Waals surface area contributed by atoms with Crippen LogP contribution in [0.25, 0.3) is 0 Å². The Kier molecular flexibility index (Phi) is 4.37. The quantitative estimate of drug-likeness (QED) is 0.695. The lowest BCUT2D eigenvalue weighted by atomic mass is 10.2. The number of ether oxygens (including phenoxy) is 2. The number of carbonyl (C=O) groups is 1. The predicted molar refractivity (Wildman–Crippen MR) is 72.9 cm³/mol. The van der Waals surface area contributed by atoms with E-state index in [0.29, 0.717) is 11.4 Å². The Balaban J connectivity index is 2.08. The van der Waals surface area contributed by atoms with E-state index in [1.807, 2.05) is 0 Å². The second-order valence-electron chi connectivity index (χ2n) is 4.31. The van der Waals surface area contributed by atoms with Crippen molar-refractivity contribution in [3.63, 3.8) is 0 Å². The van der Waals surface area contributed by atoms with Gasteiger partial charge in [-0.1, -0.05) is 0 Å². The standard InChI is InChI=1S/C15H13F2NO3/c1-20-14-6-10(2-3-13(14)18)15(19)21-8-9-4-11(16)7-12(17)5-9/h2-7H,8,18H2,1H3. The first-order valence-electron chi connectivity index (χ1n) is 6.05. The van der Waals surface area contributed by atoms with Gasteiger partial charge in [-0.3, -0.25) is 0 Å². The fraction of sp³-hybridized carbons (Fsp3) is 0.133. The highest BCUT2D eigenvalue weighted by atomic mass is 19.1. The van der Waals surface area contributed by atoms with Crippen LogP contribution in [0.15, 0.2) is 36.4 Å². The van der Waals surface area contributed by atoms with Gasteiger partial charge in [0.25, 0.3) is 0 Å². The maximum atomic E-state index is 13.0. The highest BCUT2D eigenvalue weighted by Gasteiger charge is 2.11. The lowest BCUT2D eigenvalue weighted by Crippen LogP contribution is -2.06. The number of benzene rings is 2. The summed E-state index contributed by atoms with van der Waals surface area (Å²) in [5.41, 5.74) is 6.49. The zero-order valence-electron chi connectivity index (χ0n) is 11.2. The maximum Gasteiger partial charge on any atom is 0.338 e. The molecule has 0 bridgehead atoms. The number of esters is 1. The summed E-state index contributed by atoms with van der Waals surface area (Å²) in [7, 11) is 1.43. The third-order valence-electron chi connectivity index (χ3n) is 2.76. The van der Waals surface area contributed by atoms with E-state index in [2.05, 4.69) is 0 Å². The zero-order chi connectivity index (χ0) is 15.4. The Hall–Kier alpha value is -2.63. The first-order chi connectivity index (χ1) is 9.99. The number of methoxy groups -OCH3 is 1. The lowest BCUT2D eigenvalue weighted by molar-refractivity contribution is 0.0471. The molecule has 2 N–H and O–H groups in total. The zero-order valence-corrected chi connectivity index (χ0v) is 11.2. The van der Waals surface area contributed by atoms with E-state index in [1.54, 1.807) is 0 Å². The van der Waals surface area contributed by atoms with Crippen molar-refractivity contribution in [2.75, 3.05) is 12.8 Å². The van der Waals surface area contributed by atoms with Crippen molar-refractivity contribution in [3.05, 3.63) is 59.2 Å². The van der Waals surface area contributed by atoms with Crippen molar-refractivity contribution in [1.82, 2.24) is 0 Å². The van der Waals surface area contributed by atoms with E-state index in [0.717, 1.165) is 18.2 Å². The van der Waals surface area contributed by atoms with Crippen LogP contribution in [0.5, 0.6) is 5.75 Å². The van der Waals surface area contributed by atoms with Gasteiger partial charge < -0.3 is 15.2 Å². The summed E-state index contributed by atoms with van der Waals surface area (Å²) in [5.74, 6) is -1.75. The van der Waals surface area contributed by atoms with E-state index in [9.17, 15) is 13.6 Å². The molecule has 2 aromatic carbocycles. The minimum atomic E-state index is -0.727. The molecule has 0 amide bonds. The average Bonchev–Trinajstić information content (AvgIpc) is 2.44. The van der Waals surface area contributed by atoms with Crippen LogP contribution < -0.4 is 10.5 Å². The largest absolute Gasteiger partial charge is 0.495 e. The van der Waals surface area contributed by atoms with Gasteiger partial charge in [-0.2, -0.15) is 0 Å². The van der Waals surface area contributed by atoms with Crippen LogP contribution >= 0.6 is 0 Å². The Bertz CT molecular complexity index is 654. The Morgan fingerprint density at radius 2 is 1.81 bits per heavy atom. The number of halogens is 2. The summed E-state index contributed by atoms with van der Waals surface area (Å²) >= 11 is 0. The van der Waals surface area contributed by atoms with Crippen molar-refractivity contribution >= 4 is 11.7 Å². The molecular formula is C15H13F2NO3. The molecule has 4 nitrogen and oxygen atoms in total. The SMILES string of the molecule is COc1cc(C(=O)OCc2cc(F)cc(F)c2)ccc1N. The van der Waals surface area contributed by atoms with E-state index < -0.39 is 17.6 Å². The third-order valence-corrected chi connectivity index (χ3v) is 2.76. The number of carbonyl (C=O) groups excluding carboxylic acids is 1. The van der Waals surface area contributed by atoms with Gasteiger partial charge in [-0.25, -0.2) is 13.6 Å². The molecule has 21 heavy (non-hydrogen) atoms. The van der Waals surface area contributed by atoms with Gasteiger partial charge in [0.15, 0.2) is 0 Å². The molecule has 0 aliphatic carbocycles. The predicted octanol–water partition coefficient (Wildman–Crippen LogP) is 2.91. The summed E-state index contributed by atoms with van der Waals surface area (Å²) < 4.78 is 36.0.